The number of benzene rings is 1. The number of thiazole rings is 1. The van der Waals surface area contributed by atoms with Crippen LogP contribution in [0.4, 0.5) is 13.9 Å². The molecule has 3 rings (SSSR count). The maximum atomic E-state index is 12.2. The first-order valence-electron chi connectivity index (χ1n) is 7.10. The zero-order valence-corrected chi connectivity index (χ0v) is 15.2. The number of carbonyl (C=O) groups is 1. The van der Waals surface area contributed by atoms with Gasteiger partial charge in [-0.15, -0.1) is 11.3 Å². The third-order valence-corrected chi connectivity index (χ3v) is 4.61. The number of hydrogen-bond donors (Lipinski definition) is 2. The Morgan fingerprint density at radius 3 is 2.68 bits per heavy atom. The van der Waals surface area contributed by atoms with Crippen molar-refractivity contribution >= 4 is 38.3 Å². The molecule has 0 aliphatic heterocycles. The number of alkyl halides is 2. The van der Waals surface area contributed by atoms with Crippen LogP contribution in [0, 0.1) is 6.92 Å². The van der Waals surface area contributed by atoms with Crippen molar-refractivity contribution in [3.63, 3.8) is 0 Å². The molecule has 2 aromatic heterocycles. The molecule has 0 bridgehead atoms. The predicted molar refractivity (Wildman–Crippen MR) is 95.4 cm³/mol. The Hall–Kier alpha value is -2.26. The van der Waals surface area contributed by atoms with Crippen molar-refractivity contribution in [2.75, 3.05) is 5.32 Å². The molecule has 0 atom stereocenters. The average Bonchev–Trinajstić information content (AvgIpc) is 3.13. The van der Waals surface area contributed by atoms with Crippen LogP contribution in [0.1, 0.15) is 15.4 Å². The smallest absolute Gasteiger partial charge is 0.387 e. The number of halogens is 3. The summed E-state index contributed by atoms with van der Waals surface area (Å²) >= 11 is 4.61. The molecular weight excluding hydrogens is 416 g/mol. The van der Waals surface area contributed by atoms with Gasteiger partial charge >= 0.3 is 6.61 Å². The molecule has 0 unspecified atom stereocenters. The van der Waals surface area contributed by atoms with Gasteiger partial charge in [0, 0.05) is 21.1 Å². The Morgan fingerprint density at radius 1 is 1.36 bits per heavy atom. The van der Waals surface area contributed by atoms with Crippen molar-refractivity contribution in [1.82, 2.24) is 9.97 Å². The summed E-state index contributed by atoms with van der Waals surface area (Å²) in [5, 5.41) is 3.19. The Morgan fingerprint density at radius 2 is 2.08 bits per heavy atom. The zero-order chi connectivity index (χ0) is 18.0. The normalized spacial score (nSPS) is 10.9. The van der Waals surface area contributed by atoms with Gasteiger partial charge in [-0.2, -0.15) is 8.78 Å². The molecule has 130 valence electrons. The lowest BCUT2D eigenvalue weighted by molar-refractivity contribution is -0.0498. The number of anilines is 1. The van der Waals surface area contributed by atoms with Gasteiger partial charge in [0.1, 0.15) is 11.4 Å². The van der Waals surface area contributed by atoms with Crippen molar-refractivity contribution in [1.29, 1.82) is 0 Å². The molecule has 0 spiro atoms. The summed E-state index contributed by atoms with van der Waals surface area (Å²) in [6, 6.07) is 7.86. The maximum absolute atomic E-state index is 12.2. The van der Waals surface area contributed by atoms with Crippen LogP contribution in [-0.4, -0.2) is 22.5 Å². The van der Waals surface area contributed by atoms with E-state index in [4.69, 9.17) is 0 Å². The van der Waals surface area contributed by atoms with Crippen LogP contribution in [0.5, 0.6) is 5.75 Å². The molecule has 25 heavy (non-hydrogen) atoms. The summed E-state index contributed by atoms with van der Waals surface area (Å²) in [5.41, 5.74) is 1.84. The number of hydrogen-bond acceptors (Lipinski definition) is 4. The topological polar surface area (TPSA) is 67.0 Å². The van der Waals surface area contributed by atoms with Gasteiger partial charge in [-0.25, -0.2) is 4.98 Å². The Labute approximate surface area is 154 Å². The van der Waals surface area contributed by atoms with E-state index in [0.717, 1.165) is 14.9 Å². The minimum absolute atomic E-state index is 0.0810. The first kappa shape index (κ1) is 17.6. The third kappa shape index (κ3) is 4.23. The average molecular weight is 428 g/mol. The SMILES string of the molecule is Cc1sc(NC(=O)c2cc(Br)c[nH]2)nc1-c1ccc(OC(F)F)cc1. The second-order valence-electron chi connectivity index (χ2n) is 5.01. The van der Waals surface area contributed by atoms with E-state index in [-0.39, 0.29) is 11.7 Å². The standard InChI is InChI=1S/C16H12BrF2N3O2S/c1-8-13(9-2-4-11(5-3-9)24-15(18)19)21-16(25-8)22-14(23)12-6-10(17)7-20-12/h2-7,15,20H,1H3,(H,21,22,23). The number of amides is 1. The fraction of sp³-hybridized carbons (Fsp3) is 0.125. The lowest BCUT2D eigenvalue weighted by atomic mass is 10.1. The quantitative estimate of drug-likeness (QED) is 0.597. The van der Waals surface area contributed by atoms with E-state index in [1.165, 1.54) is 23.5 Å². The van der Waals surface area contributed by atoms with Gasteiger partial charge in [0.05, 0.1) is 5.69 Å². The van der Waals surface area contributed by atoms with Crippen LogP contribution in [0.2, 0.25) is 0 Å². The number of aromatic nitrogens is 2. The van der Waals surface area contributed by atoms with Crippen LogP contribution < -0.4 is 10.1 Å². The summed E-state index contributed by atoms with van der Waals surface area (Å²) in [5.74, 6) is -0.218. The molecule has 0 saturated heterocycles. The molecule has 0 radical (unpaired) electrons. The highest BCUT2D eigenvalue weighted by atomic mass is 79.9. The number of rotatable bonds is 5. The van der Waals surface area contributed by atoms with E-state index in [1.807, 2.05) is 6.92 Å². The molecule has 2 N–H and O–H groups in total. The summed E-state index contributed by atoms with van der Waals surface area (Å²) < 4.78 is 29.5. The molecule has 1 amide bonds. The van der Waals surface area contributed by atoms with E-state index in [0.29, 0.717) is 16.5 Å². The Balaban J connectivity index is 1.77. The lowest BCUT2D eigenvalue weighted by Gasteiger charge is -2.05. The van der Waals surface area contributed by atoms with Crippen molar-refractivity contribution in [2.45, 2.75) is 13.5 Å². The number of ether oxygens (including phenoxy) is 1. The van der Waals surface area contributed by atoms with Gasteiger partial charge in [0.25, 0.3) is 5.91 Å². The lowest BCUT2D eigenvalue weighted by Crippen LogP contribution is -2.11. The summed E-state index contributed by atoms with van der Waals surface area (Å²) in [6.07, 6.45) is 1.66. The molecule has 0 aliphatic rings. The van der Waals surface area contributed by atoms with Crippen LogP contribution in [0.3, 0.4) is 0 Å². The minimum Gasteiger partial charge on any atom is -0.435 e. The monoisotopic (exact) mass is 427 g/mol. The summed E-state index contributed by atoms with van der Waals surface area (Å²) in [4.78, 5) is 20.3. The minimum atomic E-state index is -2.86. The zero-order valence-electron chi connectivity index (χ0n) is 12.8. The van der Waals surface area contributed by atoms with Crippen LogP contribution in [0.25, 0.3) is 11.3 Å². The number of H-pyrrole nitrogens is 1. The van der Waals surface area contributed by atoms with E-state index >= 15 is 0 Å². The van der Waals surface area contributed by atoms with Crippen LogP contribution >= 0.6 is 27.3 Å². The van der Waals surface area contributed by atoms with Gasteiger partial charge in [0.15, 0.2) is 5.13 Å². The molecule has 2 heterocycles. The first-order valence-corrected chi connectivity index (χ1v) is 8.71. The molecule has 9 heteroatoms. The fourth-order valence-electron chi connectivity index (χ4n) is 2.18. The molecule has 0 aliphatic carbocycles. The van der Waals surface area contributed by atoms with Crippen molar-refractivity contribution < 1.29 is 18.3 Å². The fourth-order valence-corrected chi connectivity index (χ4v) is 3.35. The molecule has 1 aromatic carbocycles. The second kappa shape index (κ2) is 7.32. The second-order valence-corrected chi connectivity index (χ2v) is 7.13. The van der Waals surface area contributed by atoms with Gasteiger partial charge in [0.2, 0.25) is 0 Å². The molecular formula is C16H12BrF2N3O2S. The highest BCUT2D eigenvalue weighted by Crippen LogP contribution is 2.31. The van der Waals surface area contributed by atoms with Crippen LogP contribution in [0.15, 0.2) is 41.0 Å². The van der Waals surface area contributed by atoms with Gasteiger partial charge in [-0.05, 0) is 53.2 Å². The highest BCUT2D eigenvalue weighted by Gasteiger charge is 2.14. The Bertz CT molecular complexity index is 893. The van der Waals surface area contributed by atoms with Gasteiger partial charge in [-0.3, -0.25) is 10.1 Å². The highest BCUT2D eigenvalue weighted by molar-refractivity contribution is 9.10. The third-order valence-electron chi connectivity index (χ3n) is 3.26. The van der Waals surface area contributed by atoms with E-state index in [9.17, 15) is 13.6 Å². The number of carbonyl (C=O) groups excluding carboxylic acids is 1. The van der Waals surface area contributed by atoms with Crippen molar-refractivity contribution in [3.8, 4) is 17.0 Å². The van der Waals surface area contributed by atoms with Crippen molar-refractivity contribution in [3.05, 3.63) is 51.6 Å². The number of nitrogens with zero attached hydrogens (tertiary/aromatic N) is 1. The van der Waals surface area contributed by atoms with Crippen LogP contribution in [-0.2, 0) is 0 Å². The largest absolute Gasteiger partial charge is 0.435 e. The number of nitrogens with one attached hydrogen (secondary N) is 2. The maximum Gasteiger partial charge on any atom is 0.387 e. The van der Waals surface area contributed by atoms with Crippen molar-refractivity contribution in [2.24, 2.45) is 0 Å². The molecule has 0 saturated carbocycles. The predicted octanol–water partition coefficient (Wildman–Crippen LogP) is 5.06. The van der Waals surface area contributed by atoms with Gasteiger partial charge in [-0.1, -0.05) is 0 Å². The van der Waals surface area contributed by atoms with E-state index in [2.05, 4.69) is 36.0 Å². The van der Waals surface area contributed by atoms with E-state index in [1.54, 1.807) is 24.4 Å². The first-order chi connectivity index (χ1) is 11.9. The van der Waals surface area contributed by atoms with E-state index < -0.39 is 6.61 Å². The summed E-state index contributed by atoms with van der Waals surface area (Å²) in [6.45, 7) is -0.987. The number of aryl methyl sites for hydroxylation is 1. The number of aromatic amines is 1. The summed E-state index contributed by atoms with van der Waals surface area (Å²) in [7, 11) is 0. The molecule has 0 fully saturated rings. The Kier molecular flexibility index (Phi) is 5.14. The van der Waals surface area contributed by atoms with Gasteiger partial charge < -0.3 is 9.72 Å². The molecule has 3 aromatic rings. The molecule has 5 nitrogen and oxygen atoms in total.